The fourth-order valence-electron chi connectivity index (χ4n) is 2.59. The SMILES string of the molecule is CN=C(NCCCOCC1CC1)NCc1ccc(Oc2cccnc2)c(F)c1. The number of benzene rings is 1. The molecule has 0 bridgehead atoms. The summed E-state index contributed by atoms with van der Waals surface area (Å²) < 4.78 is 25.4. The Balaban J connectivity index is 1.39. The molecule has 1 fully saturated rings. The van der Waals surface area contributed by atoms with Gasteiger partial charge in [-0.15, -0.1) is 0 Å². The highest BCUT2D eigenvalue weighted by atomic mass is 19.1. The van der Waals surface area contributed by atoms with E-state index in [1.54, 1.807) is 37.6 Å². The van der Waals surface area contributed by atoms with Crippen molar-refractivity contribution in [2.75, 3.05) is 26.8 Å². The minimum Gasteiger partial charge on any atom is -0.453 e. The van der Waals surface area contributed by atoms with Crippen LogP contribution in [0, 0.1) is 11.7 Å². The van der Waals surface area contributed by atoms with E-state index < -0.39 is 5.82 Å². The van der Waals surface area contributed by atoms with Gasteiger partial charge in [-0.3, -0.25) is 9.98 Å². The van der Waals surface area contributed by atoms with Crippen molar-refractivity contribution in [3.63, 3.8) is 0 Å². The van der Waals surface area contributed by atoms with E-state index in [9.17, 15) is 4.39 Å². The third kappa shape index (κ3) is 6.81. The van der Waals surface area contributed by atoms with Crippen molar-refractivity contribution >= 4 is 5.96 Å². The summed E-state index contributed by atoms with van der Waals surface area (Å²) >= 11 is 0. The van der Waals surface area contributed by atoms with Crippen molar-refractivity contribution in [3.05, 3.63) is 54.1 Å². The summed E-state index contributed by atoms with van der Waals surface area (Å²) in [5.41, 5.74) is 0.798. The van der Waals surface area contributed by atoms with Gasteiger partial charge in [-0.1, -0.05) is 6.07 Å². The Morgan fingerprint density at radius 1 is 1.29 bits per heavy atom. The van der Waals surface area contributed by atoms with Crippen LogP contribution in [0.3, 0.4) is 0 Å². The molecule has 0 saturated heterocycles. The summed E-state index contributed by atoms with van der Waals surface area (Å²) in [4.78, 5) is 8.14. The highest BCUT2D eigenvalue weighted by Crippen LogP contribution is 2.28. The van der Waals surface area contributed by atoms with E-state index in [1.807, 2.05) is 6.07 Å². The molecule has 2 N–H and O–H groups in total. The molecule has 1 aliphatic carbocycles. The predicted molar refractivity (Wildman–Crippen MR) is 107 cm³/mol. The number of hydrogen-bond donors (Lipinski definition) is 2. The first kappa shape index (κ1) is 20.1. The number of guanidine groups is 1. The van der Waals surface area contributed by atoms with Crippen molar-refractivity contribution in [2.45, 2.75) is 25.8 Å². The number of nitrogens with one attached hydrogen (secondary N) is 2. The minimum absolute atomic E-state index is 0.172. The molecule has 1 heterocycles. The zero-order chi connectivity index (χ0) is 19.6. The maximum atomic E-state index is 14.3. The van der Waals surface area contributed by atoms with E-state index in [-0.39, 0.29) is 5.75 Å². The van der Waals surface area contributed by atoms with Crippen molar-refractivity contribution < 1.29 is 13.9 Å². The monoisotopic (exact) mass is 386 g/mol. The number of aliphatic imine (C=N–C) groups is 1. The van der Waals surface area contributed by atoms with Crippen LogP contribution in [0.4, 0.5) is 4.39 Å². The highest BCUT2D eigenvalue weighted by Gasteiger charge is 2.20. The number of rotatable bonds is 10. The largest absolute Gasteiger partial charge is 0.453 e. The molecule has 0 spiro atoms. The molecule has 0 aliphatic heterocycles. The molecule has 1 saturated carbocycles. The maximum Gasteiger partial charge on any atom is 0.191 e. The summed E-state index contributed by atoms with van der Waals surface area (Å²) in [6.07, 6.45) is 6.72. The maximum absolute atomic E-state index is 14.3. The van der Waals surface area contributed by atoms with Crippen LogP contribution < -0.4 is 15.4 Å². The van der Waals surface area contributed by atoms with Gasteiger partial charge in [-0.2, -0.15) is 0 Å². The first-order chi connectivity index (χ1) is 13.7. The molecule has 2 aromatic rings. The van der Waals surface area contributed by atoms with Gasteiger partial charge in [0, 0.05) is 39.5 Å². The molecule has 3 rings (SSSR count). The molecule has 0 amide bonds. The predicted octanol–water partition coefficient (Wildman–Crippen LogP) is 3.49. The van der Waals surface area contributed by atoms with Gasteiger partial charge in [0.1, 0.15) is 5.75 Å². The lowest BCUT2D eigenvalue weighted by Gasteiger charge is -2.13. The first-order valence-corrected chi connectivity index (χ1v) is 9.63. The Morgan fingerprint density at radius 2 is 2.18 bits per heavy atom. The van der Waals surface area contributed by atoms with Crippen LogP contribution >= 0.6 is 0 Å². The zero-order valence-electron chi connectivity index (χ0n) is 16.2. The highest BCUT2D eigenvalue weighted by molar-refractivity contribution is 5.79. The molecule has 6 nitrogen and oxygen atoms in total. The Hall–Kier alpha value is -2.67. The normalized spacial score (nSPS) is 14.0. The van der Waals surface area contributed by atoms with Crippen LogP contribution in [0.5, 0.6) is 11.5 Å². The molecule has 1 aromatic carbocycles. The molecule has 0 unspecified atom stereocenters. The van der Waals surface area contributed by atoms with E-state index >= 15 is 0 Å². The average Bonchev–Trinajstić information content (AvgIpc) is 3.54. The quantitative estimate of drug-likeness (QED) is 0.372. The van der Waals surface area contributed by atoms with E-state index in [2.05, 4.69) is 20.6 Å². The molecule has 7 heteroatoms. The third-order valence-corrected chi connectivity index (χ3v) is 4.35. The Kier molecular flexibility index (Phi) is 7.61. The number of hydrogen-bond acceptors (Lipinski definition) is 4. The summed E-state index contributed by atoms with van der Waals surface area (Å²) in [5.74, 6) is 1.73. The van der Waals surface area contributed by atoms with Crippen molar-refractivity contribution in [1.82, 2.24) is 15.6 Å². The second kappa shape index (κ2) is 10.6. The lowest BCUT2D eigenvalue weighted by atomic mass is 10.2. The van der Waals surface area contributed by atoms with E-state index in [1.165, 1.54) is 18.9 Å². The van der Waals surface area contributed by atoms with Crippen LogP contribution in [0.15, 0.2) is 47.7 Å². The van der Waals surface area contributed by atoms with Crippen molar-refractivity contribution in [1.29, 1.82) is 0 Å². The van der Waals surface area contributed by atoms with Gasteiger partial charge in [0.15, 0.2) is 17.5 Å². The smallest absolute Gasteiger partial charge is 0.191 e. The number of nitrogens with zero attached hydrogens (tertiary/aromatic N) is 2. The lowest BCUT2D eigenvalue weighted by molar-refractivity contribution is 0.123. The Bertz CT molecular complexity index is 766. The van der Waals surface area contributed by atoms with E-state index in [4.69, 9.17) is 9.47 Å². The lowest BCUT2D eigenvalue weighted by Crippen LogP contribution is -2.37. The van der Waals surface area contributed by atoms with Gasteiger partial charge >= 0.3 is 0 Å². The van der Waals surface area contributed by atoms with Crippen LogP contribution in [0.1, 0.15) is 24.8 Å². The third-order valence-electron chi connectivity index (χ3n) is 4.35. The molecular weight excluding hydrogens is 359 g/mol. The van der Waals surface area contributed by atoms with Crippen LogP contribution in [-0.4, -0.2) is 37.7 Å². The van der Waals surface area contributed by atoms with Crippen LogP contribution in [0.25, 0.3) is 0 Å². The van der Waals surface area contributed by atoms with Crippen molar-refractivity contribution in [2.24, 2.45) is 10.9 Å². The summed E-state index contributed by atoms with van der Waals surface area (Å²) in [5, 5.41) is 6.42. The van der Waals surface area contributed by atoms with Crippen molar-refractivity contribution in [3.8, 4) is 11.5 Å². The second-order valence-electron chi connectivity index (χ2n) is 6.78. The van der Waals surface area contributed by atoms with Gasteiger partial charge in [0.05, 0.1) is 6.20 Å². The molecule has 28 heavy (non-hydrogen) atoms. The number of aromatic nitrogens is 1. The van der Waals surface area contributed by atoms with Gasteiger partial charge in [-0.25, -0.2) is 4.39 Å². The van der Waals surface area contributed by atoms with Crippen LogP contribution in [-0.2, 0) is 11.3 Å². The van der Waals surface area contributed by atoms with Gasteiger partial charge in [-0.05, 0) is 55.0 Å². The summed E-state index contributed by atoms with van der Waals surface area (Å²) in [7, 11) is 1.71. The number of pyridine rings is 1. The fraction of sp³-hybridized carbons (Fsp3) is 0.429. The zero-order valence-corrected chi connectivity index (χ0v) is 16.2. The van der Waals surface area contributed by atoms with E-state index in [0.717, 1.165) is 37.7 Å². The van der Waals surface area contributed by atoms with Gasteiger partial charge in [0.2, 0.25) is 0 Å². The Labute approximate surface area is 165 Å². The standard InChI is InChI=1S/C21H27FN4O2/c1-23-21(25-10-3-11-27-15-16-5-6-16)26-13-17-7-8-20(19(22)12-17)28-18-4-2-9-24-14-18/h2,4,7-9,12,14,16H,3,5-6,10-11,13,15H2,1H3,(H2,23,25,26). The number of halogens is 1. The molecule has 1 aliphatic rings. The average molecular weight is 386 g/mol. The minimum atomic E-state index is -0.418. The number of ether oxygens (including phenoxy) is 2. The topological polar surface area (TPSA) is 67.8 Å². The molecule has 0 atom stereocenters. The molecular formula is C21H27FN4O2. The first-order valence-electron chi connectivity index (χ1n) is 9.63. The van der Waals surface area contributed by atoms with E-state index in [0.29, 0.717) is 18.3 Å². The summed E-state index contributed by atoms with van der Waals surface area (Å²) in [6.45, 7) is 2.88. The molecule has 150 valence electrons. The molecule has 1 aromatic heterocycles. The Morgan fingerprint density at radius 3 is 2.89 bits per heavy atom. The van der Waals surface area contributed by atoms with Gasteiger partial charge < -0.3 is 20.1 Å². The van der Waals surface area contributed by atoms with Crippen LogP contribution in [0.2, 0.25) is 0 Å². The fourth-order valence-corrected chi connectivity index (χ4v) is 2.59. The summed E-state index contributed by atoms with van der Waals surface area (Å²) in [6, 6.07) is 8.36. The van der Waals surface area contributed by atoms with Gasteiger partial charge in [0.25, 0.3) is 0 Å². The molecule has 0 radical (unpaired) electrons. The second-order valence-corrected chi connectivity index (χ2v) is 6.78.